The van der Waals surface area contributed by atoms with Crippen molar-refractivity contribution >= 4 is 39.3 Å². The number of benzene rings is 1. The first-order valence-corrected chi connectivity index (χ1v) is 8.66. The molecular formula is C16H19IN2O. The van der Waals surface area contributed by atoms with E-state index in [-0.39, 0.29) is 5.41 Å². The van der Waals surface area contributed by atoms with Crippen LogP contribution in [0.5, 0.6) is 0 Å². The zero-order valence-corrected chi connectivity index (χ0v) is 13.6. The Morgan fingerprint density at radius 2 is 2.25 bits per heavy atom. The average Bonchev–Trinajstić information content (AvgIpc) is 2.95. The normalized spacial score (nSPS) is 23.1. The minimum atomic E-state index is -0.205. The van der Waals surface area contributed by atoms with Crippen LogP contribution in [-0.4, -0.2) is 28.3 Å². The van der Waals surface area contributed by atoms with Gasteiger partial charge in [0.15, 0.2) is 5.78 Å². The summed E-state index contributed by atoms with van der Waals surface area (Å²) in [7, 11) is 0. The Hall–Kier alpha value is -0.880. The lowest BCUT2D eigenvalue weighted by Crippen LogP contribution is -2.45. The van der Waals surface area contributed by atoms with E-state index in [1.807, 2.05) is 30.5 Å². The molecule has 0 spiro atoms. The fourth-order valence-electron chi connectivity index (χ4n) is 3.17. The second-order valence-electron chi connectivity index (χ2n) is 5.61. The molecule has 1 fully saturated rings. The maximum absolute atomic E-state index is 13.0. The average molecular weight is 382 g/mol. The van der Waals surface area contributed by atoms with Crippen molar-refractivity contribution in [2.75, 3.05) is 17.5 Å². The van der Waals surface area contributed by atoms with E-state index in [0.717, 1.165) is 53.2 Å². The Bertz CT molecular complexity index is 608. The number of alkyl halides is 1. The highest BCUT2D eigenvalue weighted by atomic mass is 127. The molecule has 2 N–H and O–H groups in total. The second kappa shape index (κ2) is 5.85. The first-order chi connectivity index (χ1) is 9.75. The third-order valence-electron chi connectivity index (χ3n) is 4.34. The Balaban J connectivity index is 1.95. The number of halogens is 1. The number of hydrogen-bond donors (Lipinski definition) is 2. The van der Waals surface area contributed by atoms with Gasteiger partial charge < -0.3 is 10.3 Å². The molecule has 0 amide bonds. The number of hydrogen-bond acceptors (Lipinski definition) is 2. The Kier molecular flexibility index (Phi) is 4.12. The summed E-state index contributed by atoms with van der Waals surface area (Å²) in [4.78, 5) is 16.2. The molecule has 0 bridgehead atoms. The van der Waals surface area contributed by atoms with Gasteiger partial charge in [0.2, 0.25) is 0 Å². The summed E-state index contributed by atoms with van der Waals surface area (Å²) in [5.41, 5.74) is 1.74. The van der Waals surface area contributed by atoms with E-state index in [0.29, 0.717) is 5.78 Å². The number of piperidine rings is 1. The van der Waals surface area contributed by atoms with Crippen LogP contribution in [0.2, 0.25) is 0 Å². The van der Waals surface area contributed by atoms with Crippen molar-refractivity contribution in [3.05, 3.63) is 36.0 Å². The molecule has 3 nitrogen and oxygen atoms in total. The quantitative estimate of drug-likeness (QED) is 0.483. The van der Waals surface area contributed by atoms with E-state index < -0.39 is 0 Å². The highest BCUT2D eigenvalue weighted by Crippen LogP contribution is 2.35. The largest absolute Gasteiger partial charge is 0.361 e. The van der Waals surface area contributed by atoms with Gasteiger partial charge in [-0.3, -0.25) is 4.79 Å². The summed E-state index contributed by atoms with van der Waals surface area (Å²) in [5.74, 6) is 0.310. The molecule has 20 heavy (non-hydrogen) atoms. The minimum absolute atomic E-state index is 0.205. The van der Waals surface area contributed by atoms with E-state index in [1.165, 1.54) is 0 Å². The van der Waals surface area contributed by atoms with Crippen LogP contribution in [0.1, 0.15) is 29.6 Å². The SMILES string of the molecule is O=C(c1ccc2[nH]ccc2c1)[C@@]1(CCI)CCCNC1. The van der Waals surface area contributed by atoms with Gasteiger partial charge >= 0.3 is 0 Å². The van der Waals surface area contributed by atoms with Crippen LogP contribution >= 0.6 is 22.6 Å². The molecule has 106 valence electrons. The molecule has 4 heteroatoms. The van der Waals surface area contributed by atoms with Gasteiger partial charge in [0.05, 0.1) is 0 Å². The number of nitrogens with one attached hydrogen (secondary N) is 2. The number of ketones is 1. The summed E-state index contributed by atoms with van der Waals surface area (Å²) < 4.78 is 1.03. The van der Waals surface area contributed by atoms with Gasteiger partial charge in [-0.05, 0) is 50.1 Å². The Morgan fingerprint density at radius 1 is 1.35 bits per heavy atom. The van der Waals surface area contributed by atoms with Crippen LogP contribution in [0.3, 0.4) is 0 Å². The van der Waals surface area contributed by atoms with Crippen molar-refractivity contribution in [2.45, 2.75) is 19.3 Å². The number of aromatic nitrogens is 1. The van der Waals surface area contributed by atoms with E-state index in [2.05, 4.69) is 32.9 Å². The highest BCUT2D eigenvalue weighted by Gasteiger charge is 2.39. The fraction of sp³-hybridized carbons (Fsp3) is 0.438. The number of fused-ring (bicyclic) bond motifs is 1. The summed E-state index contributed by atoms with van der Waals surface area (Å²) in [5, 5.41) is 4.53. The number of H-pyrrole nitrogens is 1. The standard InChI is InChI=1S/C16H19IN2O/c17-7-6-16(5-1-8-18-11-16)15(20)13-2-3-14-12(10-13)4-9-19-14/h2-4,9-10,18-19H,1,5-8,11H2/t16-/m1/s1. The summed E-state index contributed by atoms with van der Waals surface area (Å²) in [6, 6.07) is 8.02. The van der Waals surface area contributed by atoms with Gasteiger partial charge in [-0.15, -0.1) is 0 Å². The first-order valence-electron chi connectivity index (χ1n) is 7.14. The van der Waals surface area contributed by atoms with Crippen LogP contribution in [0.25, 0.3) is 10.9 Å². The van der Waals surface area contributed by atoms with Crippen LogP contribution < -0.4 is 5.32 Å². The monoisotopic (exact) mass is 382 g/mol. The summed E-state index contributed by atoms with van der Waals surface area (Å²) >= 11 is 2.38. The number of carbonyl (C=O) groups is 1. The molecule has 0 unspecified atom stereocenters. The van der Waals surface area contributed by atoms with Crippen molar-refractivity contribution < 1.29 is 4.79 Å². The molecule has 0 radical (unpaired) electrons. The van der Waals surface area contributed by atoms with Gasteiger partial charge in [0.1, 0.15) is 0 Å². The molecule has 1 aromatic carbocycles. The third-order valence-corrected chi connectivity index (χ3v) is 4.88. The molecule has 1 aromatic heterocycles. The van der Waals surface area contributed by atoms with Crippen molar-refractivity contribution in [3.63, 3.8) is 0 Å². The zero-order chi connectivity index (χ0) is 14.0. The number of Topliss-reactive ketones (excluding diaryl/α,β-unsaturated/α-hetero) is 1. The predicted octanol–water partition coefficient (Wildman–Crippen LogP) is 3.55. The summed E-state index contributed by atoms with van der Waals surface area (Å²) in [6.07, 6.45) is 4.98. The molecule has 1 atom stereocenters. The third kappa shape index (κ3) is 2.51. The molecule has 1 aliphatic rings. The molecule has 2 heterocycles. The maximum atomic E-state index is 13.0. The van der Waals surface area contributed by atoms with Gasteiger partial charge in [0.25, 0.3) is 0 Å². The molecule has 2 aromatic rings. The van der Waals surface area contributed by atoms with Crippen LogP contribution in [0, 0.1) is 5.41 Å². The first kappa shape index (κ1) is 14.1. The molecule has 3 rings (SSSR count). The molecule has 0 saturated carbocycles. The lowest BCUT2D eigenvalue weighted by molar-refractivity contribution is 0.0734. The van der Waals surface area contributed by atoms with Crippen molar-refractivity contribution in [2.24, 2.45) is 5.41 Å². The van der Waals surface area contributed by atoms with Crippen molar-refractivity contribution in [1.82, 2.24) is 10.3 Å². The highest BCUT2D eigenvalue weighted by molar-refractivity contribution is 14.1. The zero-order valence-electron chi connectivity index (χ0n) is 11.4. The van der Waals surface area contributed by atoms with Crippen molar-refractivity contribution in [1.29, 1.82) is 0 Å². The maximum Gasteiger partial charge on any atom is 0.170 e. The topological polar surface area (TPSA) is 44.9 Å². The van der Waals surface area contributed by atoms with Crippen LogP contribution in [0.15, 0.2) is 30.5 Å². The Morgan fingerprint density at radius 3 is 3.00 bits per heavy atom. The second-order valence-corrected chi connectivity index (χ2v) is 6.69. The van der Waals surface area contributed by atoms with E-state index in [4.69, 9.17) is 0 Å². The van der Waals surface area contributed by atoms with E-state index in [9.17, 15) is 4.79 Å². The predicted molar refractivity (Wildman–Crippen MR) is 90.7 cm³/mol. The number of rotatable bonds is 4. The smallest absolute Gasteiger partial charge is 0.170 e. The van der Waals surface area contributed by atoms with Crippen molar-refractivity contribution in [3.8, 4) is 0 Å². The Labute approximate surface area is 132 Å². The van der Waals surface area contributed by atoms with Gasteiger partial charge in [-0.2, -0.15) is 0 Å². The van der Waals surface area contributed by atoms with Crippen LogP contribution in [-0.2, 0) is 0 Å². The van der Waals surface area contributed by atoms with Gasteiger partial charge in [0, 0.05) is 39.1 Å². The number of carbonyl (C=O) groups excluding carboxylic acids is 1. The summed E-state index contributed by atoms with van der Waals surface area (Å²) in [6.45, 7) is 1.85. The molecule has 1 aliphatic heterocycles. The lowest BCUT2D eigenvalue weighted by Gasteiger charge is -2.36. The molecule has 1 saturated heterocycles. The molecular weight excluding hydrogens is 363 g/mol. The van der Waals surface area contributed by atoms with E-state index in [1.54, 1.807) is 0 Å². The fourth-order valence-corrected chi connectivity index (χ4v) is 4.20. The number of aromatic amines is 1. The van der Waals surface area contributed by atoms with Crippen LogP contribution in [0.4, 0.5) is 0 Å². The van der Waals surface area contributed by atoms with Gasteiger partial charge in [-0.25, -0.2) is 0 Å². The van der Waals surface area contributed by atoms with Gasteiger partial charge in [-0.1, -0.05) is 22.6 Å². The van der Waals surface area contributed by atoms with E-state index >= 15 is 0 Å². The lowest BCUT2D eigenvalue weighted by atomic mass is 9.72. The molecule has 0 aliphatic carbocycles. The minimum Gasteiger partial charge on any atom is -0.361 e.